The maximum absolute atomic E-state index is 12.4. The summed E-state index contributed by atoms with van der Waals surface area (Å²) in [6.07, 6.45) is -4.41. The van der Waals surface area contributed by atoms with Crippen LogP contribution in [0.25, 0.3) is 0 Å². The molecule has 0 fully saturated rings. The highest BCUT2D eigenvalue weighted by molar-refractivity contribution is 5.59. The average Bonchev–Trinajstić information content (AvgIpc) is 2.15. The molecule has 0 amide bonds. The quantitative estimate of drug-likeness (QED) is 0.842. The monoisotopic (exact) mass is 228 g/mol. The van der Waals surface area contributed by atoms with Crippen molar-refractivity contribution in [2.24, 2.45) is 0 Å². The van der Waals surface area contributed by atoms with Crippen molar-refractivity contribution in [1.82, 2.24) is 0 Å². The molecule has 0 heterocycles. The van der Waals surface area contributed by atoms with Gasteiger partial charge in [0.05, 0.1) is 16.8 Å². The molecule has 16 heavy (non-hydrogen) atoms. The lowest BCUT2D eigenvalue weighted by Crippen LogP contribution is -2.12. The van der Waals surface area contributed by atoms with E-state index < -0.39 is 11.7 Å². The molecule has 0 spiro atoms. The Morgan fingerprint density at radius 2 is 1.94 bits per heavy atom. The van der Waals surface area contributed by atoms with Gasteiger partial charge >= 0.3 is 6.18 Å². The van der Waals surface area contributed by atoms with E-state index in [1.807, 2.05) is 13.8 Å². The summed E-state index contributed by atoms with van der Waals surface area (Å²) < 4.78 is 37.1. The largest absolute Gasteiger partial charge is 0.416 e. The van der Waals surface area contributed by atoms with E-state index in [1.54, 1.807) is 6.07 Å². The maximum Gasteiger partial charge on any atom is 0.416 e. The predicted molar refractivity (Wildman–Crippen MR) is 54.9 cm³/mol. The minimum atomic E-state index is -4.41. The van der Waals surface area contributed by atoms with Gasteiger partial charge in [-0.25, -0.2) is 0 Å². The number of nitrogens with one attached hydrogen (secondary N) is 1. The molecule has 0 aliphatic heterocycles. The molecular formula is C11H11F3N2. The average molecular weight is 228 g/mol. The van der Waals surface area contributed by atoms with E-state index in [2.05, 4.69) is 5.32 Å². The number of nitriles is 1. The van der Waals surface area contributed by atoms with Crippen molar-refractivity contribution in [3.05, 3.63) is 29.3 Å². The molecule has 0 aromatic heterocycles. The van der Waals surface area contributed by atoms with E-state index in [4.69, 9.17) is 5.26 Å². The number of alkyl halides is 3. The molecule has 0 unspecified atom stereocenters. The summed E-state index contributed by atoms with van der Waals surface area (Å²) in [6.45, 7) is 3.69. The standard InChI is InChI=1S/C11H11F3N2/c1-7(2)16-10-4-3-9(11(12,13)14)5-8(10)6-15/h3-5,7,16H,1-2H3. The van der Waals surface area contributed by atoms with Crippen LogP contribution >= 0.6 is 0 Å². The number of benzene rings is 1. The van der Waals surface area contributed by atoms with Crippen LogP contribution in [0.1, 0.15) is 25.0 Å². The SMILES string of the molecule is CC(C)Nc1ccc(C(F)(F)F)cc1C#N. The zero-order chi connectivity index (χ0) is 12.3. The van der Waals surface area contributed by atoms with Gasteiger partial charge in [0.25, 0.3) is 0 Å². The fourth-order valence-electron chi connectivity index (χ4n) is 1.25. The number of halogens is 3. The molecule has 1 aromatic rings. The van der Waals surface area contributed by atoms with Crippen molar-refractivity contribution in [2.45, 2.75) is 26.1 Å². The molecule has 1 N–H and O–H groups in total. The first kappa shape index (κ1) is 12.4. The van der Waals surface area contributed by atoms with E-state index in [1.165, 1.54) is 6.07 Å². The van der Waals surface area contributed by atoms with E-state index >= 15 is 0 Å². The fourth-order valence-corrected chi connectivity index (χ4v) is 1.25. The third-order valence-electron chi connectivity index (χ3n) is 1.91. The van der Waals surface area contributed by atoms with Crippen molar-refractivity contribution >= 4 is 5.69 Å². The number of hydrogen-bond acceptors (Lipinski definition) is 2. The number of rotatable bonds is 2. The Morgan fingerprint density at radius 3 is 2.38 bits per heavy atom. The van der Waals surface area contributed by atoms with Gasteiger partial charge in [-0.2, -0.15) is 18.4 Å². The summed E-state index contributed by atoms with van der Waals surface area (Å²) in [5.74, 6) is 0. The summed E-state index contributed by atoms with van der Waals surface area (Å²) in [7, 11) is 0. The van der Waals surface area contributed by atoms with Gasteiger partial charge in [0.15, 0.2) is 0 Å². The Bertz CT molecular complexity index is 416. The summed E-state index contributed by atoms with van der Waals surface area (Å²) in [5.41, 5.74) is -0.382. The molecule has 0 aliphatic rings. The molecular weight excluding hydrogens is 217 g/mol. The molecule has 0 aliphatic carbocycles. The minimum Gasteiger partial charge on any atom is -0.382 e. The predicted octanol–water partition coefficient (Wildman–Crippen LogP) is 3.40. The second kappa shape index (κ2) is 4.44. The second-order valence-electron chi connectivity index (χ2n) is 3.67. The minimum absolute atomic E-state index is 0.00326. The molecule has 1 rings (SSSR count). The third-order valence-corrected chi connectivity index (χ3v) is 1.91. The summed E-state index contributed by atoms with van der Waals surface area (Å²) >= 11 is 0. The normalized spacial score (nSPS) is 11.3. The van der Waals surface area contributed by atoms with E-state index in [-0.39, 0.29) is 11.6 Å². The summed E-state index contributed by atoms with van der Waals surface area (Å²) in [6, 6.07) is 4.90. The first-order valence-corrected chi connectivity index (χ1v) is 4.72. The van der Waals surface area contributed by atoms with Crippen LogP contribution in [0.3, 0.4) is 0 Å². The van der Waals surface area contributed by atoms with Gasteiger partial charge in [-0.05, 0) is 32.0 Å². The second-order valence-corrected chi connectivity index (χ2v) is 3.67. The molecule has 0 atom stereocenters. The first-order valence-electron chi connectivity index (χ1n) is 4.72. The highest BCUT2D eigenvalue weighted by Crippen LogP contribution is 2.31. The van der Waals surface area contributed by atoms with E-state index in [0.29, 0.717) is 5.69 Å². The molecule has 5 heteroatoms. The molecule has 0 saturated carbocycles. The fraction of sp³-hybridized carbons (Fsp3) is 0.364. The number of nitrogens with zero attached hydrogens (tertiary/aromatic N) is 1. The van der Waals surface area contributed by atoms with Gasteiger partial charge in [-0.15, -0.1) is 0 Å². The Labute approximate surface area is 91.7 Å². The highest BCUT2D eigenvalue weighted by atomic mass is 19.4. The molecule has 0 saturated heterocycles. The van der Waals surface area contributed by atoms with Crippen LogP contribution in [0.4, 0.5) is 18.9 Å². The van der Waals surface area contributed by atoms with E-state index in [0.717, 1.165) is 12.1 Å². The van der Waals surface area contributed by atoms with Crippen LogP contribution in [0.15, 0.2) is 18.2 Å². The number of hydrogen-bond donors (Lipinski definition) is 1. The molecule has 0 radical (unpaired) electrons. The van der Waals surface area contributed by atoms with Gasteiger partial charge in [0.1, 0.15) is 6.07 Å². The molecule has 2 nitrogen and oxygen atoms in total. The van der Waals surface area contributed by atoms with E-state index in [9.17, 15) is 13.2 Å². The number of anilines is 1. The van der Waals surface area contributed by atoms with Gasteiger partial charge in [-0.3, -0.25) is 0 Å². The van der Waals surface area contributed by atoms with Crippen LogP contribution in [0.5, 0.6) is 0 Å². The van der Waals surface area contributed by atoms with Crippen LogP contribution in [-0.4, -0.2) is 6.04 Å². The Morgan fingerprint density at radius 1 is 1.31 bits per heavy atom. The molecule has 0 bridgehead atoms. The van der Waals surface area contributed by atoms with Crippen molar-refractivity contribution in [1.29, 1.82) is 5.26 Å². The van der Waals surface area contributed by atoms with Gasteiger partial charge in [0.2, 0.25) is 0 Å². The first-order chi connectivity index (χ1) is 7.34. The molecule has 86 valence electrons. The Kier molecular flexibility index (Phi) is 3.43. The van der Waals surface area contributed by atoms with Crippen LogP contribution in [-0.2, 0) is 6.18 Å². The zero-order valence-corrected chi connectivity index (χ0v) is 8.89. The lowest BCUT2D eigenvalue weighted by atomic mass is 10.1. The van der Waals surface area contributed by atoms with Crippen molar-refractivity contribution in [2.75, 3.05) is 5.32 Å². The lowest BCUT2D eigenvalue weighted by Gasteiger charge is -2.13. The van der Waals surface area contributed by atoms with Gasteiger partial charge in [-0.1, -0.05) is 0 Å². The Balaban J connectivity index is 3.13. The Hall–Kier alpha value is -1.70. The maximum atomic E-state index is 12.4. The van der Waals surface area contributed by atoms with Crippen molar-refractivity contribution in [3.8, 4) is 6.07 Å². The lowest BCUT2D eigenvalue weighted by molar-refractivity contribution is -0.137. The topological polar surface area (TPSA) is 35.8 Å². The zero-order valence-electron chi connectivity index (χ0n) is 8.89. The molecule has 1 aromatic carbocycles. The smallest absolute Gasteiger partial charge is 0.382 e. The van der Waals surface area contributed by atoms with Crippen LogP contribution < -0.4 is 5.32 Å². The van der Waals surface area contributed by atoms with Crippen molar-refractivity contribution < 1.29 is 13.2 Å². The highest BCUT2D eigenvalue weighted by Gasteiger charge is 2.31. The summed E-state index contributed by atoms with van der Waals surface area (Å²) in [5, 5.41) is 11.7. The third kappa shape index (κ3) is 2.89. The van der Waals surface area contributed by atoms with Crippen LogP contribution in [0.2, 0.25) is 0 Å². The van der Waals surface area contributed by atoms with Crippen LogP contribution in [0, 0.1) is 11.3 Å². The van der Waals surface area contributed by atoms with Gasteiger partial charge in [0, 0.05) is 6.04 Å². The van der Waals surface area contributed by atoms with Gasteiger partial charge < -0.3 is 5.32 Å². The summed E-state index contributed by atoms with van der Waals surface area (Å²) in [4.78, 5) is 0. The van der Waals surface area contributed by atoms with Crippen molar-refractivity contribution in [3.63, 3.8) is 0 Å².